The lowest BCUT2D eigenvalue weighted by molar-refractivity contribution is 0.0833. The third-order valence-electron chi connectivity index (χ3n) is 5.02. The second-order valence-electron chi connectivity index (χ2n) is 6.52. The molecule has 3 N–H and O–H groups in total. The SMILES string of the molecule is CCOn1c(C(N)=O)nc2cccc(C3(CO)CCCCC3)c2c1=O. The van der Waals surface area contributed by atoms with Crippen LogP contribution in [0.5, 0.6) is 0 Å². The van der Waals surface area contributed by atoms with Crippen molar-refractivity contribution in [2.24, 2.45) is 5.73 Å². The van der Waals surface area contributed by atoms with Crippen molar-refractivity contribution < 1.29 is 14.7 Å². The minimum absolute atomic E-state index is 0.0300. The van der Waals surface area contributed by atoms with Crippen LogP contribution in [0.25, 0.3) is 10.9 Å². The fraction of sp³-hybridized carbons (Fsp3) is 0.500. The van der Waals surface area contributed by atoms with Gasteiger partial charge in [0.1, 0.15) is 6.61 Å². The minimum Gasteiger partial charge on any atom is -0.409 e. The normalized spacial score (nSPS) is 16.7. The molecular weight excluding hydrogens is 322 g/mol. The first-order valence-corrected chi connectivity index (χ1v) is 8.64. The molecule has 25 heavy (non-hydrogen) atoms. The Morgan fingerprint density at radius 3 is 2.68 bits per heavy atom. The molecular formula is C18H23N3O4. The summed E-state index contributed by atoms with van der Waals surface area (Å²) in [5, 5.41) is 10.5. The van der Waals surface area contributed by atoms with Crippen molar-refractivity contribution in [3.63, 3.8) is 0 Å². The zero-order chi connectivity index (χ0) is 18.0. The highest BCUT2D eigenvalue weighted by atomic mass is 16.7. The van der Waals surface area contributed by atoms with Crippen molar-refractivity contribution in [2.75, 3.05) is 13.2 Å². The van der Waals surface area contributed by atoms with Gasteiger partial charge >= 0.3 is 0 Å². The molecule has 1 fully saturated rings. The largest absolute Gasteiger partial charge is 0.409 e. The van der Waals surface area contributed by atoms with Crippen molar-refractivity contribution in [2.45, 2.75) is 44.4 Å². The maximum absolute atomic E-state index is 13.1. The molecule has 1 saturated carbocycles. The number of nitrogens with two attached hydrogens (primary N) is 1. The molecule has 1 aliphatic rings. The van der Waals surface area contributed by atoms with Gasteiger partial charge in [0.05, 0.1) is 17.5 Å². The summed E-state index contributed by atoms with van der Waals surface area (Å²) in [5.41, 5.74) is 5.60. The van der Waals surface area contributed by atoms with E-state index in [1.165, 1.54) is 0 Å². The number of rotatable bonds is 5. The van der Waals surface area contributed by atoms with Crippen molar-refractivity contribution in [3.05, 3.63) is 39.9 Å². The molecule has 7 heteroatoms. The molecule has 7 nitrogen and oxygen atoms in total. The van der Waals surface area contributed by atoms with Gasteiger partial charge in [-0.25, -0.2) is 4.98 Å². The number of hydrogen-bond donors (Lipinski definition) is 2. The Kier molecular flexibility index (Phi) is 4.76. The zero-order valence-electron chi connectivity index (χ0n) is 14.3. The summed E-state index contributed by atoms with van der Waals surface area (Å²) in [6, 6.07) is 5.34. The third-order valence-corrected chi connectivity index (χ3v) is 5.02. The Morgan fingerprint density at radius 1 is 1.36 bits per heavy atom. The van der Waals surface area contributed by atoms with E-state index < -0.39 is 16.9 Å². The molecule has 0 bridgehead atoms. The lowest BCUT2D eigenvalue weighted by Crippen LogP contribution is -2.38. The lowest BCUT2D eigenvalue weighted by atomic mass is 9.69. The molecule has 0 radical (unpaired) electrons. The molecule has 0 spiro atoms. The highest BCUT2D eigenvalue weighted by molar-refractivity contribution is 5.92. The number of fused-ring (bicyclic) bond motifs is 1. The van der Waals surface area contributed by atoms with Crippen molar-refractivity contribution in [1.82, 2.24) is 9.71 Å². The maximum Gasteiger partial charge on any atom is 0.295 e. The van der Waals surface area contributed by atoms with E-state index >= 15 is 0 Å². The van der Waals surface area contributed by atoms with Gasteiger partial charge in [-0.1, -0.05) is 31.4 Å². The summed E-state index contributed by atoms with van der Waals surface area (Å²) < 4.78 is 0.877. The van der Waals surface area contributed by atoms with Gasteiger partial charge in [-0.05, 0) is 31.4 Å². The van der Waals surface area contributed by atoms with Crippen LogP contribution in [0.4, 0.5) is 0 Å². The van der Waals surface area contributed by atoms with E-state index in [1.54, 1.807) is 19.1 Å². The number of aliphatic hydroxyl groups excluding tert-OH is 1. The van der Waals surface area contributed by atoms with Crippen molar-refractivity contribution in [1.29, 1.82) is 0 Å². The number of aliphatic hydroxyl groups is 1. The number of hydrogen-bond acceptors (Lipinski definition) is 5. The Morgan fingerprint density at radius 2 is 2.08 bits per heavy atom. The molecule has 0 atom stereocenters. The first kappa shape index (κ1) is 17.4. The summed E-state index contributed by atoms with van der Waals surface area (Å²) in [6.07, 6.45) is 4.76. The minimum atomic E-state index is -0.826. The Bertz CT molecular complexity index is 853. The van der Waals surface area contributed by atoms with E-state index in [0.29, 0.717) is 10.9 Å². The molecule has 1 heterocycles. The summed E-state index contributed by atoms with van der Waals surface area (Å²) in [4.78, 5) is 34.3. The van der Waals surface area contributed by atoms with Gasteiger partial charge in [-0.3, -0.25) is 9.59 Å². The number of benzene rings is 1. The predicted octanol–water partition coefficient (Wildman–Crippen LogP) is 1.14. The molecule has 1 aromatic carbocycles. The Labute approximate surface area is 145 Å². The van der Waals surface area contributed by atoms with Gasteiger partial charge < -0.3 is 15.7 Å². The number of carbonyl (C=O) groups excluding carboxylic acids is 1. The van der Waals surface area contributed by atoms with E-state index in [9.17, 15) is 14.7 Å². The quantitative estimate of drug-likeness (QED) is 0.845. The third kappa shape index (κ3) is 2.89. The first-order valence-electron chi connectivity index (χ1n) is 8.64. The average molecular weight is 345 g/mol. The molecule has 1 aromatic heterocycles. The highest BCUT2D eigenvalue weighted by Gasteiger charge is 2.36. The first-order chi connectivity index (χ1) is 12.0. The van der Waals surface area contributed by atoms with Crippen LogP contribution in [0.3, 0.4) is 0 Å². The van der Waals surface area contributed by atoms with Crippen LogP contribution >= 0.6 is 0 Å². The topological polar surface area (TPSA) is 107 Å². The highest BCUT2D eigenvalue weighted by Crippen LogP contribution is 2.41. The van der Waals surface area contributed by atoms with Gasteiger partial charge in [0.25, 0.3) is 11.5 Å². The smallest absolute Gasteiger partial charge is 0.295 e. The van der Waals surface area contributed by atoms with Gasteiger partial charge in [-0.15, -0.1) is 4.73 Å². The van der Waals surface area contributed by atoms with E-state index in [2.05, 4.69) is 4.98 Å². The lowest BCUT2D eigenvalue weighted by Gasteiger charge is -2.36. The second kappa shape index (κ2) is 6.84. The predicted molar refractivity (Wildman–Crippen MR) is 93.5 cm³/mol. The molecule has 0 unspecified atom stereocenters. The van der Waals surface area contributed by atoms with Crippen LogP contribution in [0, 0.1) is 0 Å². The maximum atomic E-state index is 13.1. The van der Waals surface area contributed by atoms with Gasteiger partial charge in [0, 0.05) is 5.41 Å². The molecule has 0 saturated heterocycles. The van der Waals surface area contributed by atoms with Gasteiger partial charge in [-0.2, -0.15) is 0 Å². The van der Waals surface area contributed by atoms with Crippen LogP contribution in [0.15, 0.2) is 23.0 Å². The van der Waals surface area contributed by atoms with E-state index in [0.717, 1.165) is 42.4 Å². The number of amides is 1. The summed E-state index contributed by atoms with van der Waals surface area (Å²) in [7, 11) is 0. The Balaban J connectivity index is 2.33. The van der Waals surface area contributed by atoms with E-state index in [-0.39, 0.29) is 19.0 Å². The summed E-state index contributed by atoms with van der Waals surface area (Å²) >= 11 is 0. The van der Waals surface area contributed by atoms with Crippen molar-refractivity contribution in [3.8, 4) is 0 Å². The van der Waals surface area contributed by atoms with Crippen LogP contribution in [-0.4, -0.2) is 33.9 Å². The summed E-state index contributed by atoms with van der Waals surface area (Å²) in [5.74, 6) is -1.05. The van der Waals surface area contributed by atoms with Crippen LogP contribution in [0.2, 0.25) is 0 Å². The monoisotopic (exact) mass is 345 g/mol. The molecule has 134 valence electrons. The molecule has 1 amide bonds. The summed E-state index contributed by atoms with van der Waals surface area (Å²) in [6.45, 7) is 1.88. The van der Waals surface area contributed by atoms with Crippen LogP contribution in [0.1, 0.15) is 55.2 Å². The van der Waals surface area contributed by atoms with Crippen molar-refractivity contribution >= 4 is 16.8 Å². The van der Waals surface area contributed by atoms with Gasteiger partial charge in [0.15, 0.2) is 0 Å². The fourth-order valence-electron chi connectivity index (χ4n) is 3.80. The number of nitrogens with zero attached hydrogens (tertiary/aromatic N) is 2. The number of primary amides is 1. The van der Waals surface area contributed by atoms with E-state index in [1.807, 2.05) is 6.07 Å². The zero-order valence-corrected chi connectivity index (χ0v) is 14.3. The van der Waals surface area contributed by atoms with Crippen LogP contribution in [-0.2, 0) is 5.41 Å². The fourth-order valence-corrected chi connectivity index (χ4v) is 3.80. The number of aromatic nitrogens is 2. The van der Waals surface area contributed by atoms with Crippen LogP contribution < -0.4 is 16.1 Å². The standard InChI is InChI=1S/C18H23N3O4/c1-2-25-21-16(15(19)23)20-13-8-6-7-12(14(13)17(21)24)18(11-22)9-4-3-5-10-18/h6-8,22H,2-5,9-11H2,1H3,(H2,19,23). The molecule has 3 rings (SSSR count). The second-order valence-corrected chi connectivity index (χ2v) is 6.52. The number of carbonyl (C=O) groups is 1. The molecule has 1 aliphatic carbocycles. The molecule has 2 aromatic rings. The average Bonchev–Trinajstić information content (AvgIpc) is 2.63. The van der Waals surface area contributed by atoms with Gasteiger partial charge in [0.2, 0.25) is 5.82 Å². The Hall–Kier alpha value is -2.41. The van der Waals surface area contributed by atoms with E-state index in [4.69, 9.17) is 10.6 Å². The molecule has 0 aliphatic heterocycles.